The molecule has 4 heterocycles. The Balaban J connectivity index is 1.42. The molecule has 0 aromatic carbocycles. The number of carbonyl (C=O) groups is 2. The van der Waals surface area contributed by atoms with E-state index in [-0.39, 0.29) is 30.4 Å². The lowest BCUT2D eigenvalue weighted by Gasteiger charge is -2.36. The summed E-state index contributed by atoms with van der Waals surface area (Å²) in [5.74, 6) is 0.953. The van der Waals surface area contributed by atoms with Gasteiger partial charge in [-0.05, 0) is 30.9 Å². The van der Waals surface area contributed by atoms with E-state index < -0.39 is 6.09 Å². The predicted octanol–water partition coefficient (Wildman–Crippen LogP) is 1.96. The van der Waals surface area contributed by atoms with Gasteiger partial charge in [0.1, 0.15) is 11.9 Å². The number of nitrogen functional groups attached to an aromatic ring is 1. The summed E-state index contributed by atoms with van der Waals surface area (Å²) in [7, 11) is 1.45. The van der Waals surface area contributed by atoms with Gasteiger partial charge in [0.2, 0.25) is 0 Å². The molecule has 1 fully saturated rings. The summed E-state index contributed by atoms with van der Waals surface area (Å²) < 4.78 is 12.6. The van der Waals surface area contributed by atoms with Crippen LogP contribution in [0.3, 0.4) is 0 Å². The third-order valence-corrected chi connectivity index (χ3v) is 6.73. The zero-order valence-electron chi connectivity index (χ0n) is 23.0. The van der Waals surface area contributed by atoms with E-state index >= 15 is 0 Å². The Kier molecular flexibility index (Phi) is 8.99. The Morgan fingerprint density at radius 2 is 1.92 bits per heavy atom. The molecule has 0 bridgehead atoms. The summed E-state index contributed by atoms with van der Waals surface area (Å²) in [4.78, 5) is 40.9. The van der Waals surface area contributed by atoms with Crippen molar-refractivity contribution in [3.8, 4) is 6.01 Å². The number of anilines is 2. The van der Waals surface area contributed by atoms with Gasteiger partial charge in [0.25, 0.3) is 5.91 Å². The molecule has 1 saturated heterocycles. The summed E-state index contributed by atoms with van der Waals surface area (Å²) >= 11 is 0. The normalized spacial score (nSPS) is 14.4. The number of aryl methyl sites for hydroxylation is 1. The van der Waals surface area contributed by atoms with Crippen LogP contribution in [0.1, 0.15) is 49.9 Å². The van der Waals surface area contributed by atoms with Gasteiger partial charge in [-0.15, -0.1) is 5.10 Å². The number of alkyl carbamates (subject to hydrolysis) is 1. The van der Waals surface area contributed by atoms with Crippen LogP contribution < -0.4 is 20.7 Å². The SMILES string of the molecule is CCCC(CC)Oc1nc(N)c2ncc(Cc3cnc(N4CCN(C(=O)COC(=O)NC)CC4)c(C)c3)n2n1. The molecule has 13 nitrogen and oxygen atoms in total. The van der Waals surface area contributed by atoms with Crippen LogP contribution in [0.5, 0.6) is 6.01 Å². The standard InChI is InChI=1S/C26H37N9O4/c1-5-7-20(6-2)39-25-31-22(27)24-30-15-19(35(24)32-25)13-18-12-17(3)23(29-14-18)34-10-8-33(9-11-34)21(36)16-38-26(37)28-4/h12,14-15,20H,5-11,13,16H2,1-4H3,(H,28,37)(H2,27,31,32). The number of hydrogen-bond acceptors (Lipinski definition) is 10. The molecule has 0 radical (unpaired) electrons. The number of piperazine rings is 1. The van der Waals surface area contributed by atoms with Crippen LogP contribution in [0.4, 0.5) is 16.4 Å². The molecule has 1 aliphatic heterocycles. The second kappa shape index (κ2) is 12.6. The molecular formula is C26H37N9O4. The Hall–Kier alpha value is -4.16. The highest BCUT2D eigenvalue weighted by Gasteiger charge is 2.24. The van der Waals surface area contributed by atoms with E-state index in [0.29, 0.717) is 38.2 Å². The lowest BCUT2D eigenvalue weighted by atomic mass is 10.1. The number of pyridine rings is 1. The van der Waals surface area contributed by atoms with Gasteiger partial charge < -0.3 is 30.3 Å². The monoisotopic (exact) mass is 539 g/mol. The van der Waals surface area contributed by atoms with Gasteiger partial charge in [0.05, 0.1) is 11.9 Å². The number of ether oxygens (including phenoxy) is 2. The first-order chi connectivity index (χ1) is 18.8. The molecule has 3 aromatic heterocycles. The fourth-order valence-corrected chi connectivity index (χ4v) is 4.64. The van der Waals surface area contributed by atoms with E-state index in [2.05, 4.69) is 45.2 Å². The summed E-state index contributed by atoms with van der Waals surface area (Å²) in [6.45, 7) is 8.30. The van der Waals surface area contributed by atoms with Gasteiger partial charge in [0.15, 0.2) is 18.1 Å². The van der Waals surface area contributed by atoms with Crippen molar-refractivity contribution in [2.75, 3.05) is 50.5 Å². The van der Waals surface area contributed by atoms with Gasteiger partial charge in [0, 0.05) is 45.8 Å². The molecule has 13 heteroatoms. The maximum atomic E-state index is 12.3. The quantitative estimate of drug-likeness (QED) is 0.391. The average molecular weight is 540 g/mol. The Labute approximate surface area is 227 Å². The van der Waals surface area contributed by atoms with E-state index in [1.807, 2.05) is 13.1 Å². The Morgan fingerprint density at radius 3 is 2.59 bits per heavy atom. The first-order valence-electron chi connectivity index (χ1n) is 13.3. The van der Waals surface area contributed by atoms with Gasteiger partial charge in [-0.25, -0.2) is 19.3 Å². The average Bonchev–Trinajstić information content (AvgIpc) is 3.34. The molecule has 1 atom stereocenters. The zero-order chi connectivity index (χ0) is 27.9. The Bertz CT molecular complexity index is 1300. The second-order valence-electron chi connectivity index (χ2n) is 9.56. The highest BCUT2D eigenvalue weighted by molar-refractivity contribution is 5.80. The molecule has 4 rings (SSSR count). The van der Waals surface area contributed by atoms with E-state index in [1.165, 1.54) is 7.05 Å². The summed E-state index contributed by atoms with van der Waals surface area (Å²) in [5, 5.41) is 6.91. The first-order valence-corrected chi connectivity index (χ1v) is 13.3. The lowest BCUT2D eigenvalue weighted by molar-refractivity contribution is -0.134. The number of aromatic nitrogens is 5. The number of imidazole rings is 1. The molecule has 0 aliphatic carbocycles. The number of carbonyl (C=O) groups excluding carboxylic acids is 2. The highest BCUT2D eigenvalue weighted by atomic mass is 16.6. The van der Waals surface area contributed by atoms with Crippen LogP contribution in [0, 0.1) is 6.92 Å². The van der Waals surface area contributed by atoms with Crippen molar-refractivity contribution in [2.24, 2.45) is 0 Å². The molecular weight excluding hydrogens is 502 g/mol. The molecule has 2 amide bonds. The number of nitrogens with zero attached hydrogens (tertiary/aromatic N) is 7. The number of amides is 2. The van der Waals surface area contributed by atoms with Crippen molar-refractivity contribution in [3.05, 3.63) is 35.3 Å². The van der Waals surface area contributed by atoms with Crippen LogP contribution in [-0.2, 0) is 16.0 Å². The van der Waals surface area contributed by atoms with Crippen LogP contribution in [0.2, 0.25) is 0 Å². The highest BCUT2D eigenvalue weighted by Crippen LogP contribution is 2.23. The predicted molar refractivity (Wildman–Crippen MR) is 146 cm³/mol. The largest absolute Gasteiger partial charge is 0.459 e. The second-order valence-corrected chi connectivity index (χ2v) is 9.56. The molecule has 210 valence electrons. The van der Waals surface area contributed by atoms with Crippen molar-refractivity contribution >= 4 is 29.3 Å². The van der Waals surface area contributed by atoms with Crippen molar-refractivity contribution < 1.29 is 19.1 Å². The van der Waals surface area contributed by atoms with Gasteiger partial charge in [-0.3, -0.25) is 4.79 Å². The molecule has 1 aliphatic rings. The fourth-order valence-electron chi connectivity index (χ4n) is 4.64. The number of rotatable bonds is 10. The van der Waals surface area contributed by atoms with E-state index in [9.17, 15) is 9.59 Å². The van der Waals surface area contributed by atoms with Crippen molar-refractivity contribution in [1.82, 2.24) is 34.8 Å². The van der Waals surface area contributed by atoms with E-state index in [0.717, 1.165) is 41.9 Å². The van der Waals surface area contributed by atoms with Crippen LogP contribution in [0.15, 0.2) is 18.5 Å². The number of nitrogens with one attached hydrogen (secondary N) is 1. The molecule has 0 saturated carbocycles. The minimum Gasteiger partial charge on any atom is -0.459 e. The maximum absolute atomic E-state index is 12.3. The molecule has 3 aromatic rings. The number of hydrogen-bond donors (Lipinski definition) is 2. The zero-order valence-corrected chi connectivity index (χ0v) is 23.0. The van der Waals surface area contributed by atoms with Crippen molar-refractivity contribution in [2.45, 2.75) is 52.6 Å². The molecule has 0 spiro atoms. The van der Waals surface area contributed by atoms with Crippen LogP contribution in [0.25, 0.3) is 5.65 Å². The molecule has 39 heavy (non-hydrogen) atoms. The van der Waals surface area contributed by atoms with Gasteiger partial charge in [-0.1, -0.05) is 26.3 Å². The van der Waals surface area contributed by atoms with Gasteiger partial charge >= 0.3 is 12.1 Å². The third kappa shape index (κ3) is 6.65. The topological polar surface area (TPSA) is 153 Å². The maximum Gasteiger partial charge on any atom is 0.407 e. The van der Waals surface area contributed by atoms with E-state index in [1.54, 1.807) is 15.6 Å². The minimum absolute atomic E-state index is 0.0362. The molecule has 3 N–H and O–H groups in total. The minimum atomic E-state index is -0.618. The summed E-state index contributed by atoms with van der Waals surface area (Å²) in [5.41, 5.74) is 9.56. The van der Waals surface area contributed by atoms with Crippen molar-refractivity contribution in [1.29, 1.82) is 0 Å². The number of nitrogens with two attached hydrogens (primary N) is 1. The van der Waals surface area contributed by atoms with Crippen molar-refractivity contribution in [3.63, 3.8) is 0 Å². The summed E-state index contributed by atoms with van der Waals surface area (Å²) in [6.07, 6.45) is 6.38. The molecule has 1 unspecified atom stereocenters. The lowest BCUT2D eigenvalue weighted by Crippen LogP contribution is -2.50. The third-order valence-electron chi connectivity index (χ3n) is 6.73. The van der Waals surface area contributed by atoms with Crippen LogP contribution in [-0.4, -0.2) is 87.4 Å². The number of fused-ring (bicyclic) bond motifs is 1. The van der Waals surface area contributed by atoms with Gasteiger partial charge in [-0.2, -0.15) is 4.98 Å². The first kappa shape index (κ1) is 27.9. The van der Waals surface area contributed by atoms with Crippen LogP contribution >= 0.6 is 0 Å². The smallest absolute Gasteiger partial charge is 0.407 e. The van der Waals surface area contributed by atoms with E-state index in [4.69, 9.17) is 20.2 Å². The fraction of sp³-hybridized carbons (Fsp3) is 0.538. The summed E-state index contributed by atoms with van der Waals surface area (Å²) in [6, 6.07) is 2.36. The Morgan fingerprint density at radius 1 is 1.15 bits per heavy atom.